The second kappa shape index (κ2) is 7.85. The lowest BCUT2D eigenvalue weighted by atomic mass is 9.93. The standard InChI is InChI=1S/C20H27NO4/c1-14-16(19(23)24)12-21(13-25-11-10-20(2,3)4)17(14)18(22)15-8-6-5-7-9-15/h5-9,12,18,22H,10-11,13H2,1-4H3,(H,23,24). The lowest BCUT2D eigenvalue weighted by molar-refractivity contribution is 0.0534. The molecule has 0 spiro atoms. The van der Waals surface area contributed by atoms with Crippen LogP contribution in [0.1, 0.15) is 60.5 Å². The molecule has 1 atom stereocenters. The molecule has 1 unspecified atom stereocenters. The number of carboxylic acids is 1. The molecule has 0 saturated carbocycles. The summed E-state index contributed by atoms with van der Waals surface area (Å²) >= 11 is 0. The molecule has 0 fully saturated rings. The zero-order chi connectivity index (χ0) is 18.6. The van der Waals surface area contributed by atoms with Crippen LogP contribution < -0.4 is 0 Å². The Morgan fingerprint density at radius 3 is 2.44 bits per heavy atom. The van der Waals surface area contributed by atoms with Gasteiger partial charge < -0.3 is 19.5 Å². The molecule has 0 amide bonds. The van der Waals surface area contributed by atoms with Crippen LogP contribution in [0, 0.1) is 12.3 Å². The van der Waals surface area contributed by atoms with Crippen LogP contribution in [-0.4, -0.2) is 27.4 Å². The predicted molar refractivity (Wildman–Crippen MR) is 96.7 cm³/mol. The van der Waals surface area contributed by atoms with Gasteiger partial charge in [-0.3, -0.25) is 0 Å². The normalized spacial score (nSPS) is 13.0. The molecular weight excluding hydrogens is 318 g/mol. The molecule has 1 heterocycles. The van der Waals surface area contributed by atoms with Crippen molar-refractivity contribution in [3.8, 4) is 0 Å². The molecule has 1 aromatic heterocycles. The largest absolute Gasteiger partial charge is 0.478 e. The summed E-state index contributed by atoms with van der Waals surface area (Å²) in [6, 6.07) is 9.21. The number of aromatic carboxylic acids is 1. The maximum Gasteiger partial charge on any atom is 0.337 e. The van der Waals surface area contributed by atoms with E-state index in [-0.39, 0.29) is 17.7 Å². The fourth-order valence-corrected chi connectivity index (χ4v) is 2.69. The van der Waals surface area contributed by atoms with Crippen molar-refractivity contribution in [3.05, 3.63) is 58.9 Å². The number of nitrogens with zero attached hydrogens (tertiary/aromatic N) is 1. The molecule has 5 heteroatoms. The monoisotopic (exact) mass is 345 g/mol. The fourth-order valence-electron chi connectivity index (χ4n) is 2.69. The van der Waals surface area contributed by atoms with Gasteiger partial charge in [0.15, 0.2) is 0 Å². The molecule has 0 aliphatic heterocycles. The SMILES string of the molecule is Cc1c(C(=O)O)cn(COCCC(C)(C)C)c1C(O)c1ccccc1. The van der Waals surface area contributed by atoms with Crippen molar-refractivity contribution >= 4 is 5.97 Å². The van der Waals surface area contributed by atoms with Gasteiger partial charge in [0.25, 0.3) is 0 Å². The van der Waals surface area contributed by atoms with Gasteiger partial charge in [0, 0.05) is 12.8 Å². The minimum atomic E-state index is -1.01. The third-order valence-corrected chi connectivity index (χ3v) is 4.21. The van der Waals surface area contributed by atoms with E-state index >= 15 is 0 Å². The fraction of sp³-hybridized carbons (Fsp3) is 0.450. The first kappa shape index (κ1) is 19.2. The number of hydrogen-bond donors (Lipinski definition) is 2. The molecule has 5 nitrogen and oxygen atoms in total. The Hall–Kier alpha value is -2.11. The molecule has 0 bridgehead atoms. The van der Waals surface area contributed by atoms with E-state index in [1.165, 1.54) is 6.20 Å². The lowest BCUT2D eigenvalue weighted by Crippen LogP contribution is -2.14. The van der Waals surface area contributed by atoms with Crippen LogP contribution in [0.3, 0.4) is 0 Å². The number of ether oxygens (including phenoxy) is 1. The third kappa shape index (κ3) is 4.94. The van der Waals surface area contributed by atoms with Crippen LogP contribution in [0.2, 0.25) is 0 Å². The number of rotatable bonds is 7. The first-order chi connectivity index (χ1) is 11.7. The topological polar surface area (TPSA) is 71.7 Å². The van der Waals surface area contributed by atoms with Crippen LogP contribution in [0.5, 0.6) is 0 Å². The zero-order valence-electron chi connectivity index (χ0n) is 15.3. The average Bonchev–Trinajstić information content (AvgIpc) is 2.87. The summed E-state index contributed by atoms with van der Waals surface area (Å²) in [7, 11) is 0. The first-order valence-corrected chi connectivity index (χ1v) is 8.44. The van der Waals surface area contributed by atoms with E-state index < -0.39 is 12.1 Å². The maximum atomic E-state index is 11.5. The van der Waals surface area contributed by atoms with Gasteiger partial charge in [-0.25, -0.2) is 4.79 Å². The Morgan fingerprint density at radius 1 is 1.24 bits per heavy atom. The van der Waals surface area contributed by atoms with Gasteiger partial charge in [0.05, 0.1) is 11.3 Å². The summed E-state index contributed by atoms with van der Waals surface area (Å²) in [5.74, 6) is -1.01. The van der Waals surface area contributed by atoms with E-state index in [0.29, 0.717) is 17.9 Å². The first-order valence-electron chi connectivity index (χ1n) is 8.44. The molecule has 0 aliphatic carbocycles. The molecule has 1 aromatic carbocycles. The molecule has 0 aliphatic rings. The highest BCUT2D eigenvalue weighted by Crippen LogP contribution is 2.28. The Bertz CT molecular complexity index is 713. The van der Waals surface area contributed by atoms with Crippen molar-refractivity contribution in [1.82, 2.24) is 4.57 Å². The van der Waals surface area contributed by atoms with Gasteiger partial charge >= 0.3 is 5.97 Å². The summed E-state index contributed by atoms with van der Waals surface area (Å²) in [6.45, 7) is 8.93. The lowest BCUT2D eigenvalue weighted by Gasteiger charge is -2.19. The summed E-state index contributed by atoms with van der Waals surface area (Å²) in [6.07, 6.45) is 1.53. The maximum absolute atomic E-state index is 11.5. The third-order valence-electron chi connectivity index (χ3n) is 4.21. The second-order valence-electron chi connectivity index (χ2n) is 7.49. The molecule has 136 valence electrons. The zero-order valence-corrected chi connectivity index (χ0v) is 15.3. The second-order valence-corrected chi connectivity index (χ2v) is 7.49. The number of hydrogen-bond acceptors (Lipinski definition) is 3. The van der Waals surface area contributed by atoms with Gasteiger partial charge in [0.1, 0.15) is 12.8 Å². The van der Waals surface area contributed by atoms with E-state index in [9.17, 15) is 15.0 Å². The quantitative estimate of drug-likeness (QED) is 0.745. The van der Waals surface area contributed by atoms with Gasteiger partial charge in [-0.15, -0.1) is 0 Å². The molecule has 2 aromatic rings. The van der Waals surface area contributed by atoms with E-state index in [1.54, 1.807) is 11.5 Å². The van der Waals surface area contributed by atoms with Gasteiger partial charge in [-0.05, 0) is 29.9 Å². The van der Waals surface area contributed by atoms with Crippen LogP contribution in [0.15, 0.2) is 36.5 Å². The van der Waals surface area contributed by atoms with E-state index in [2.05, 4.69) is 20.8 Å². The molecule has 2 N–H and O–H groups in total. The average molecular weight is 345 g/mol. The van der Waals surface area contributed by atoms with Crippen LogP contribution in [-0.2, 0) is 11.5 Å². The highest BCUT2D eigenvalue weighted by molar-refractivity contribution is 5.89. The molecule has 2 rings (SSSR count). The minimum absolute atomic E-state index is 0.172. The number of carbonyl (C=O) groups is 1. The van der Waals surface area contributed by atoms with E-state index in [4.69, 9.17) is 4.74 Å². The minimum Gasteiger partial charge on any atom is -0.478 e. The van der Waals surface area contributed by atoms with Crippen molar-refractivity contribution < 1.29 is 19.7 Å². The number of aromatic nitrogens is 1. The molecular formula is C20H27NO4. The summed E-state index contributed by atoms with van der Waals surface area (Å²) in [5, 5.41) is 20.2. The van der Waals surface area contributed by atoms with E-state index in [0.717, 1.165) is 12.0 Å². The van der Waals surface area contributed by atoms with Crippen molar-refractivity contribution in [1.29, 1.82) is 0 Å². The summed E-state index contributed by atoms with van der Waals surface area (Å²) in [5.41, 5.74) is 2.19. The molecule has 0 radical (unpaired) electrons. The summed E-state index contributed by atoms with van der Waals surface area (Å²) in [4.78, 5) is 11.5. The van der Waals surface area contributed by atoms with Crippen molar-refractivity contribution in [3.63, 3.8) is 0 Å². The Morgan fingerprint density at radius 2 is 1.88 bits per heavy atom. The van der Waals surface area contributed by atoms with Crippen LogP contribution >= 0.6 is 0 Å². The number of aliphatic hydroxyl groups is 1. The Labute approximate surface area is 148 Å². The highest BCUT2D eigenvalue weighted by Gasteiger charge is 2.23. The highest BCUT2D eigenvalue weighted by atomic mass is 16.5. The number of carboxylic acid groups (broad SMARTS) is 1. The Balaban J connectivity index is 2.26. The van der Waals surface area contributed by atoms with Crippen LogP contribution in [0.25, 0.3) is 0 Å². The molecule has 0 saturated heterocycles. The van der Waals surface area contributed by atoms with E-state index in [1.807, 2.05) is 30.3 Å². The van der Waals surface area contributed by atoms with Gasteiger partial charge in [-0.2, -0.15) is 0 Å². The summed E-state index contributed by atoms with van der Waals surface area (Å²) < 4.78 is 7.42. The van der Waals surface area contributed by atoms with Crippen molar-refractivity contribution in [2.75, 3.05) is 6.61 Å². The van der Waals surface area contributed by atoms with Crippen molar-refractivity contribution in [2.24, 2.45) is 5.41 Å². The van der Waals surface area contributed by atoms with Crippen LogP contribution in [0.4, 0.5) is 0 Å². The number of benzene rings is 1. The number of aliphatic hydroxyl groups excluding tert-OH is 1. The van der Waals surface area contributed by atoms with Gasteiger partial charge in [-0.1, -0.05) is 51.1 Å². The van der Waals surface area contributed by atoms with Crippen molar-refractivity contribution in [2.45, 2.75) is 47.0 Å². The molecule has 25 heavy (non-hydrogen) atoms. The smallest absolute Gasteiger partial charge is 0.337 e. The Kier molecular flexibility index (Phi) is 6.03. The van der Waals surface area contributed by atoms with Gasteiger partial charge in [0.2, 0.25) is 0 Å². The predicted octanol–water partition coefficient (Wildman–Crippen LogP) is 3.99.